The molecule has 0 spiro atoms. The summed E-state index contributed by atoms with van der Waals surface area (Å²) >= 11 is 0. The predicted octanol–water partition coefficient (Wildman–Crippen LogP) is 4.17. The van der Waals surface area contributed by atoms with Crippen molar-refractivity contribution >= 4 is 5.69 Å². The average molecular weight is 437 g/mol. The van der Waals surface area contributed by atoms with Crippen LogP contribution < -0.4 is 14.4 Å². The first-order valence-corrected chi connectivity index (χ1v) is 10.9. The lowest BCUT2D eigenvalue weighted by Gasteiger charge is -2.32. The highest BCUT2D eigenvalue weighted by Gasteiger charge is 2.44. The fourth-order valence-corrected chi connectivity index (χ4v) is 4.68. The van der Waals surface area contributed by atoms with Crippen molar-refractivity contribution in [1.29, 1.82) is 0 Å². The van der Waals surface area contributed by atoms with E-state index in [2.05, 4.69) is 22.0 Å². The molecule has 0 aliphatic carbocycles. The Labute approximate surface area is 188 Å². The molecule has 0 bridgehead atoms. The minimum Gasteiger partial charge on any atom is -0.497 e. The second-order valence-corrected chi connectivity index (χ2v) is 8.13. The van der Waals surface area contributed by atoms with Gasteiger partial charge in [-0.05, 0) is 54.3 Å². The number of hydrogen-bond acceptors (Lipinski definition) is 5. The zero-order valence-corrected chi connectivity index (χ0v) is 18.5. The summed E-state index contributed by atoms with van der Waals surface area (Å²) in [6, 6.07) is 20.3. The number of rotatable bonds is 9. The van der Waals surface area contributed by atoms with E-state index in [9.17, 15) is 9.50 Å². The number of β-amino-alcohol motifs (C(OH)–C–C–N with tert-alkyl or cyclic N) is 1. The van der Waals surface area contributed by atoms with Gasteiger partial charge in [0.2, 0.25) is 5.88 Å². The number of alkyl halides is 1. The van der Waals surface area contributed by atoms with Crippen LogP contribution in [0.15, 0.2) is 66.9 Å². The van der Waals surface area contributed by atoms with Crippen molar-refractivity contribution < 1.29 is 19.0 Å². The molecule has 2 heterocycles. The van der Waals surface area contributed by atoms with Gasteiger partial charge >= 0.3 is 0 Å². The van der Waals surface area contributed by atoms with Crippen molar-refractivity contribution in [2.45, 2.75) is 24.9 Å². The van der Waals surface area contributed by atoms with Crippen LogP contribution in [0, 0.1) is 0 Å². The molecule has 1 N–H and O–H groups in total. The highest BCUT2D eigenvalue weighted by Crippen LogP contribution is 2.47. The summed E-state index contributed by atoms with van der Waals surface area (Å²) in [7, 11) is 1.66. The van der Waals surface area contributed by atoms with Crippen molar-refractivity contribution in [3.63, 3.8) is 0 Å². The number of aliphatic hydroxyl groups excluding tert-OH is 1. The van der Waals surface area contributed by atoms with Gasteiger partial charge in [0.1, 0.15) is 12.4 Å². The number of methoxy groups -OCH3 is 1. The van der Waals surface area contributed by atoms with E-state index in [0.717, 1.165) is 28.1 Å². The molecule has 1 aromatic heterocycles. The molecular weight excluding hydrogens is 407 g/mol. The Hall–Kier alpha value is -3.12. The predicted molar refractivity (Wildman–Crippen MR) is 124 cm³/mol. The van der Waals surface area contributed by atoms with Crippen LogP contribution in [-0.4, -0.2) is 49.7 Å². The highest BCUT2D eigenvalue weighted by atomic mass is 19.1. The number of benzene rings is 2. The van der Waals surface area contributed by atoms with Gasteiger partial charge in [-0.2, -0.15) is 0 Å². The quantitative estimate of drug-likeness (QED) is 0.546. The number of hydrogen-bond donors (Lipinski definition) is 1. The first-order valence-electron chi connectivity index (χ1n) is 10.9. The third-order valence-corrected chi connectivity index (χ3v) is 6.05. The van der Waals surface area contributed by atoms with Crippen LogP contribution in [0.4, 0.5) is 10.1 Å². The molecule has 1 unspecified atom stereocenters. The molecule has 168 valence electrons. The Morgan fingerprint density at radius 2 is 2.00 bits per heavy atom. The minimum absolute atomic E-state index is 0.233. The van der Waals surface area contributed by atoms with Gasteiger partial charge in [0, 0.05) is 36.5 Å². The molecule has 4 rings (SSSR count). The normalized spacial score (nSPS) is 18.3. The number of ether oxygens (including phenoxy) is 2. The maximum atomic E-state index is 13.2. The second kappa shape index (κ2) is 9.57. The van der Waals surface area contributed by atoms with Crippen molar-refractivity contribution in [3.8, 4) is 11.6 Å². The van der Waals surface area contributed by atoms with Gasteiger partial charge in [-0.1, -0.05) is 30.3 Å². The number of fused-ring (bicyclic) bond motifs is 1. The summed E-state index contributed by atoms with van der Waals surface area (Å²) in [6.07, 6.45) is 1.45. The van der Waals surface area contributed by atoms with E-state index in [4.69, 9.17) is 9.47 Å². The number of para-hydroxylation sites is 1. The fourth-order valence-electron chi connectivity index (χ4n) is 4.68. The van der Waals surface area contributed by atoms with Gasteiger partial charge in [-0.15, -0.1) is 0 Å². The Kier molecular flexibility index (Phi) is 6.61. The number of pyridine rings is 1. The Balaban J connectivity index is 1.85. The molecule has 0 amide bonds. The van der Waals surface area contributed by atoms with E-state index in [1.165, 1.54) is 0 Å². The Bertz CT molecular complexity index is 1060. The number of halogens is 1. The third kappa shape index (κ3) is 4.28. The molecule has 32 heavy (non-hydrogen) atoms. The molecule has 2 atom stereocenters. The van der Waals surface area contributed by atoms with E-state index >= 15 is 0 Å². The van der Waals surface area contributed by atoms with Crippen molar-refractivity contribution in [1.82, 2.24) is 4.98 Å². The SMILES string of the molecule is CCOc1cc(C2(Cc3cccc(OC)c3)CN(C[C@@H](O)CF)c3ccccc32)ccn1. The minimum atomic E-state index is -1.04. The molecular formula is C26H29FN2O3. The summed E-state index contributed by atoms with van der Waals surface area (Å²) in [5, 5.41) is 10.1. The molecule has 6 heteroatoms. The molecule has 0 saturated heterocycles. The van der Waals surface area contributed by atoms with Crippen LogP contribution >= 0.6 is 0 Å². The smallest absolute Gasteiger partial charge is 0.213 e. The highest BCUT2D eigenvalue weighted by molar-refractivity contribution is 5.67. The molecule has 1 aliphatic heterocycles. The molecule has 0 saturated carbocycles. The first kappa shape index (κ1) is 22.1. The number of nitrogens with zero attached hydrogens (tertiary/aromatic N) is 2. The van der Waals surface area contributed by atoms with E-state index in [1.54, 1.807) is 13.3 Å². The van der Waals surface area contributed by atoms with Crippen LogP contribution in [0.1, 0.15) is 23.6 Å². The topological polar surface area (TPSA) is 54.8 Å². The Morgan fingerprint density at radius 3 is 2.78 bits per heavy atom. The summed E-state index contributed by atoms with van der Waals surface area (Å²) in [5.41, 5.74) is 3.93. The fraction of sp³-hybridized carbons (Fsp3) is 0.346. The monoisotopic (exact) mass is 436 g/mol. The lowest BCUT2D eigenvalue weighted by molar-refractivity contribution is 0.144. The first-order chi connectivity index (χ1) is 15.6. The molecule has 0 radical (unpaired) electrons. The maximum absolute atomic E-state index is 13.2. The Morgan fingerprint density at radius 1 is 1.16 bits per heavy atom. The standard InChI is InChI=1S/C26H29FN2O3/c1-3-32-25-14-20(11-12-28-25)26(15-19-7-6-8-22(13-19)31-2)18-29(17-21(30)16-27)24-10-5-4-9-23(24)26/h4-14,21,30H,3,15-18H2,1-2H3/t21-,26?/m0/s1. The summed E-state index contributed by atoms with van der Waals surface area (Å²) in [6.45, 7) is 2.54. The number of aliphatic hydroxyl groups is 1. The number of aromatic nitrogens is 1. The van der Waals surface area contributed by atoms with Crippen LogP contribution in [-0.2, 0) is 11.8 Å². The van der Waals surface area contributed by atoms with E-state index < -0.39 is 18.2 Å². The average Bonchev–Trinajstić information content (AvgIpc) is 3.13. The summed E-state index contributed by atoms with van der Waals surface area (Å²) in [4.78, 5) is 6.44. The van der Waals surface area contributed by atoms with Gasteiger partial charge in [0.15, 0.2) is 0 Å². The van der Waals surface area contributed by atoms with Gasteiger partial charge in [-0.25, -0.2) is 9.37 Å². The third-order valence-electron chi connectivity index (χ3n) is 6.05. The van der Waals surface area contributed by atoms with Crippen molar-refractivity contribution in [2.24, 2.45) is 0 Å². The van der Waals surface area contributed by atoms with Gasteiger partial charge < -0.3 is 19.5 Å². The van der Waals surface area contributed by atoms with Crippen molar-refractivity contribution in [2.75, 3.05) is 38.4 Å². The molecule has 1 aliphatic rings. The van der Waals surface area contributed by atoms with E-state index in [0.29, 0.717) is 25.5 Å². The lowest BCUT2D eigenvalue weighted by Crippen LogP contribution is -2.40. The zero-order chi connectivity index (χ0) is 22.6. The molecule has 2 aromatic carbocycles. The van der Waals surface area contributed by atoms with Crippen LogP contribution in [0.25, 0.3) is 0 Å². The molecule has 3 aromatic rings. The zero-order valence-electron chi connectivity index (χ0n) is 18.5. The van der Waals surface area contributed by atoms with Crippen LogP contribution in [0.2, 0.25) is 0 Å². The summed E-state index contributed by atoms with van der Waals surface area (Å²) in [5.74, 6) is 1.38. The molecule has 5 nitrogen and oxygen atoms in total. The van der Waals surface area contributed by atoms with Crippen LogP contribution in [0.5, 0.6) is 11.6 Å². The maximum Gasteiger partial charge on any atom is 0.213 e. The van der Waals surface area contributed by atoms with Gasteiger partial charge in [0.25, 0.3) is 0 Å². The largest absolute Gasteiger partial charge is 0.497 e. The van der Waals surface area contributed by atoms with E-state index in [1.807, 2.05) is 55.5 Å². The number of anilines is 1. The summed E-state index contributed by atoms with van der Waals surface area (Å²) < 4.78 is 24.3. The molecule has 0 fully saturated rings. The van der Waals surface area contributed by atoms with Crippen molar-refractivity contribution in [3.05, 3.63) is 83.6 Å². The second-order valence-electron chi connectivity index (χ2n) is 8.13. The lowest BCUT2D eigenvalue weighted by atomic mass is 9.72. The van der Waals surface area contributed by atoms with Crippen LogP contribution in [0.3, 0.4) is 0 Å². The van der Waals surface area contributed by atoms with Gasteiger partial charge in [-0.3, -0.25) is 0 Å². The van der Waals surface area contributed by atoms with E-state index in [-0.39, 0.29) is 6.54 Å². The van der Waals surface area contributed by atoms with Gasteiger partial charge in [0.05, 0.1) is 19.8 Å².